The molecule has 1 rings (SSSR count). The molecule has 0 saturated carbocycles. The fourth-order valence-corrected chi connectivity index (χ4v) is 11.3. The SMILES string of the molecule is CC/C=C\C/C=C\C/C=C\C/C=C\CCCCCCCCCCCCCCCCCCCCCCCCC(=O)NC(COC1OC(CO)C(O)C(O)C1O)C(O)/C=C/CCCCCCCCCCCCCCCCCCCCCCCC. The van der Waals surface area contributed by atoms with Gasteiger partial charge in [-0.15, -0.1) is 0 Å². The molecule has 0 aromatic heterocycles. The maximum absolute atomic E-state index is 13.1. The van der Waals surface area contributed by atoms with Crippen molar-refractivity contribution in [3.8, 4) is 0 Å². The highest BCUT2D eigenvalue weighted by molar-refractivity contribution is 5.76. The third-order valence-corrected chi connectivity index (χ3v) is 16.8. The lowest BCUT2D eigenvalue weighted by molar-refractivity contribution is -0.302. The van der Waals surface area contributed by atoms with E-state index in [0.717, 1.165) is 64.2 Å². The van der Waals surface area contributed by atoms with E-state index >= 15 is 0 Å². The first-order valence-corrected chi connectivity index (χ1v) is 35.5. The molecular formula is C73H135NO8. The maximum Gasteiger partial charge on any atom is 0.220 e. The predicted octanol–water partition coefficient (Wildman–Crippen LogP) is 19.4. The van der Waals surface area contributed by atoms with Gasteiger partial charge < -0.3 is 40.3 Å². The molecule has 82 heavy (non-hydrogen) atoms. The summed E-state index contributed by atoms with van der Waals surface area (Å²) in [5, 5.41) is 54.8. The highest BCUT2D eigenvalue weighted by atomic mass is 16.7. The fraction of sp³-hybridized carbons (Fsp3) is 0.849. The number of rotatable bonds is 62. The van der Waals surface area contributed by atoms with E-state index < -0.39 is 49.5 Å². The van der Waals surface area contributed by atoms with Crippen molar-refractivity contribution in [1.29, 1.82) is 0 Å². The number of amides is 1. The summed E-state index contributed by atoms with van der Waals surface area (Å²) in [7, 11) is 0. The van der Waals surface area contributed by atoms with Gasteiger partial charge in [-0.2, -0.15) is 0 Å². The highest BCUT2D eigenvalue weighted by Crippen LogP contribution is 2.23. The van der Waals surface area contributed by atoms with Gasteiger partial charge in [0.15, 0.2) is 6.29 Å². The quantitative estimate of drug-likeness (QED) is 0.0261. The van der Waals surface area contributed by atoms with Crippen LogP contribution >= 0.6 is 0 Å². The van der Waals surface area contributed by atoms with Crippen molar-refractivity contribution in [3.05, 3.63) is 60.8 Å². The summed E-state index contributed by atoms with van der Waals surface area (Å²) < 4.78 is 11.3. The number of nitrogens with one attached hydrogen (secondary N) is 1. The smallest absolute Gasteiger partial charge is 0.220 e. The van der Waals surface area contributed by atoms with Gasteiger partial charge in [0, 0.05) is 6.42 Å². The second-order valence-corrected chi connectivity index (χ2v) is 24.7. The molecule has 0 bridgehead atoms. The lowest BCUT2D eigenvalue weighted by atomic mass is 9.99. The van der Waals surface area contributed by atoms with E-state index in [0.29, 0.717) is 6.42 Å². The molecule has 0 aromatic rings. The summed E-state index contributed by atoms with van der Waals surface area (Å²) in [6.45, 7) is 3.71. The Kier molecular flexibility index (Phi) is 58.9. The number of carbonyl (C=O) groups excluding carboxylic acids is 1. The molecule has 0 radical (unpaired) electrons. The number of unbranched alkanes of at least 4 members (excludes halogenated alkanes) is 44. The molecule has 0 spiro atoms. The standard InChI is InChI=1S/C73H135NO8/c1-3-5-7-9-11-13-15-17-19-21-23-25-27-29-30-31-32-33-34-35-36-37-38-39-41-43-45-47-49-51-53-55-57-59-61-63-69(77)74-66(65-81-73-72(80)71(79)70(78)68(64-75)82-73)67(76)62-60-58-56-54-52-50-48-46-44-42-40-28-26-24-22-20-18-16-14-12-10-8-6-4-2/h5,7,11,13,17,19,23,25,60,62,66-68,70-73,75-76,78-80H,3-4,6,8-10,12,14-16,18,20-22,24,26-59,61,63-65H2,1-2H3,(H,74,77)/b7-5-,13-11-,19-17-,25-23-,62-60+. The van der Waals surface area contributed by atoms with Gasteiger partial charge >= 0.3 is 0 Å². The average molecular weight is 1150 g/mol. The molecule has 7 atom stereocenters. The topological polar surface area (TPSA) is 149 Å². The predicted molar refractivity (Wildman–Crippen MR) is 350 cm³/mol. The second-order valence-electron chi connectivity index (χ2n) is 24.7. The summed E-state index contributed by atoms with van der Waals surface area (Å²) in [4.78, 5) is 13.1. The number of aliphatic hydroxyl groups excluding tert-OH is 5. The summed E-state index contributed by atoms with van der Waals surface area (Å²) >= 11 is 0. The van der Waals surface area contributed by atoms with Gasteiger partial charge in [-0.05, 0) is 57.8 Å². The van der Waals surface area contributed by atoms with Gasteiger partial charge in [0.25, 0.3) is 0 Å². The van der Waals surface area contributed by atoms with Crippen molar-refractivity contribution < 1.29 is 39.8 Å². The molecule has 0 aliphatic carbocycles. The van der Waals surface area contributed by atoms with Gasteiger partial charge in [0.2, 0.25) is 5.91 Å². The Hall–Kier alpha value is -2.11. The van der Waals surface area contributed by atoms with Crippen LogP contribution in [-0.4, -0.2) is 87.5 Å². The fourth-order valence-electron chi connectivity index (χ4n) is 11.3. The number of aliphatic hydroxyl groups is 5. The molecule has 1 amide bonds. The van der Waals surface area contributed by atoms with Crippen LogP contribution in [0.2, 0.25) is 0 Å². The van der Waals surface area contributed by atoms with E-state index in [-0.39, 0.29) is 12.5 Å². The molecule has 1 aliphatic heterocycles. The van der Waals surface area contributed by atoms with Crippen LogP contribution < -0.4 is 5.32 Å². The molecule has 1 aliphatic rings. The van der Waals surface area contributed by atoms with Crippen molar-refractivity contribution in [1.82, 2.24) is 5.32 Å². The number of hydrogen-bond donors (Lipinski definition) is 6. The first kappa shape index (κ1) is 77.9. The van der Waals surface area contributed by atoms with Crippen molar-refractivity contribution in [2.24, 2.45) is 0 Å². The van der Waals surface area contributed by atoms with Gasteiger partial charge in [0.05, 0.1) is 25.4 Å². The van der Waals surface area contributed by atoms with Gasteiger partial charge in [-0.25, -0.2) is 0 Å². The minimum absolute atomic E-state index is 0.171. The molecule has 480 valence electrons. The van der Waals surface area contributed by atoms with Crippen molar-refractivity contribution in [2.75, 3.05) is 13.2 Å². The van der Waals surface area contributed by atoms with Gasteiger partial charge in [0.1, 0.15) is 24.4 Å². The van der Waals surface area contributed by atoms with Crippen LogP contribution in [0.3, 0.4) is 0 Å². The van der Waals surface area contributed by atoms with Crippen LogP contribution in [0.5, 0.6) is 0 Å². The van der Waals surface area contributed by atoms with Crippen LogP contribution in [0.1, 0.15) is 341 Å². The zero-order valence-electron chi connectivity index (χ0n) is 53.8. The second kappa shape index (κ2) is 62.0. The molecule has 1 fully saturated rings. The molecular weight excluding hydrogens is 1020 g/mol. The van der Waals surface area contributed by atoms with E-state index in [1.807, 2.05) is 6.08 Å². The summed E-state index contributed by atoms with van der Waals surface area (Å²) in [6, 6.07) is -0.806. The van der Waals surface area contributed by atoms with Gasteiger partial charge in [-0.1, -0.05) is 338 Å². The van der Waals surface area contributed by atoms with Crippen LogP contribution in [0.25, 0.3) is 0 Å². The van der Waals surface area contributed by atoms with Crippen LogP contribution in [0.15, 0.2) is 60.8 Å². The van der Waals surface area contributed by atoms with E-state index in [1.165, 1.54) is 257 Å². The van der Waals surface area contributed by atoms with Crippen molar-refractivity contribution >= 4 is 5.91 Å². The van der Waals surface area contributed by atoms with Crippen molar-refractivity contribution in [3.63, 3.8) is 0 Å². The Morgan fingerprint density at radius 2 is 0.756 bits per heavy atom. The van der Waals surface area contributed by atoms with E-state index in [2.05, 4.69) is 67.8 Å². The molecule has 9 nitrogen and oxygen atoms in total. The molecule has 6 N–H and O–H groups in total. The number of allylic oxidation sites excluding steroid dienone is 9. The summed E-state index contributed by atoms with van der Waals surface area (Å²) in [5.41, 5.74) is 0. The maximum atomic E-state index is 13.1. The molecule has 7 unspecified atom stereocenters. The first-order chi connectivity index (χ1) is 40.3. The Balaban J connectivity index is 2.10. The lowest BCUT2D eigenvalue weighted by Gasteiger charge is -2.40. The van der Waals surface area contributed by atoms with Crippen LogP contribution in [-0.2, 0) is 14.3 Å². The number of carbonyl (C=O) groups is 1. The number of ether oxygens (including phenoxy) is 2. The van der Waals surface area contributed by atoms with E-state index in [9.17, 15) is 30.3 Å². The highest BCUT2D eigenvalue weighted by Gasteiger charge is 2.44. The summed E-state index contributed by atoms with van der Waals surface area (Å²) in [5.74, 6) is -0.171. The Morgan fingerprint density at radius 3 is 1.12 bits per heavy atom. The third-order valence-electron chi connectivity index (χ3n) is 16.8. The first-order valence-electron chi connectivity index (χ1n) is 35.5. The third kappa shape index (κ3) is 50.1. The minimum Gasteiger partial charge on any atom is -0.394 e. The molecule has 9 heteroatoms. The monoisotopic (exact) mass is 1150 g/mol. The molecule has 1 saturated heterocycles. The molecule has 0 aromatic carbocycles. The Labute approximate surface area is 506 Å². The van der Waals surface area contributed by atoms with Crippen LogP contribution in [0, 0.1) is 0 Å². The van der Waals surface area contributed by atoms with E-state index in [4.69, 9.17) is 9.47 Å². The summed E-state index contributed by atoms with van der Waals surface area (Å²) in [6.07, 6.45) is 79.0. The lowest BCUT2D eigenvalue weighted by Crippen LogP contribution is -2.60. The normalized spacial score (nSPS) is 18.6. The molecule has 1 heterocycles. The zero-order chi connectivity index (χ0) is 59.3. The van der Waals surface area contributed by atoms with E-state index in [1.54, 1.807) is 6.08 Å². The Bertz CT molecular complexity index is 1480. The minimum atomic E-state index is -1.57. The number of hydrogen-bond acceptors (Lipinski definition) is 8. The average Bonchev–Trinajstić information content (AvgIpc) is 3.52. The largest absolute Gasteiger partial charge is 0.394 e. The van der Waals surface area contributed by atoms with Crippen molar-refractivity contribution in [2.45, 2.75) is 384 Å². The Morgan fingerprint density at radius 1 is 0.427 bits per heavy atom. The van der Waals surface area contributed by atoms with Crippen LogP contribution in [0.4, 0.5) is 0 Å². The zero-order valence-corrected chi connectivity index (χ0v) is 53.8. The van der Waals surface area contributed by atoms with Gasteiger partial charge in [-0.3, -0.25) is 4.79 Å².